The Morgan fingerprint density at radius 3 is 1.63 bits per heavy atom. The number of anilines is 1. The first-order chi connectivity index (χ1) is 17.2. The van der Waals surface area contributed by atoms with Gasteiger partial charge in [-0.25, -0.2) is 0 Å². The standard InChI is InChI=1S/C31H24N2O2/c32-30(26-20-21-35-22-26)27-18-10-11-19-28(27)33(29(30)34)31(23-12-4-1-5-13-23,24-14-6-2-7-15-24)25-16-8-3-9-17-25/h1-22H,32H2. The number of para-hydroxylation sites is 1. The average molecular weight is 457 g/mol. The summed E-state index contributed by atoms with van der Waals surface area (Å²) in [6.45, 7) is 0. The maximum absolute atomic E-state index is 14.7. The van der Waals surface area contributed by atoms with Gasteiger partial charge in [-0.05, 0) is 28.8 Å². The number of hydrogen-bond acceptors (Lipinski definition) is 3. The summed E-state index contributed by atoms with van der Waals surface area (Å²) in [5, 5.41) is 0. The normalized spacial score (nSPS) is 17.4. The fourth-order valence-electron chi connectivity index (χ4n) is 5.43. The summed E-state index contributed by atoms with van der Waals surface area (Å²) in [7, 11) is 0. The van der Waals surface area contributed by atoms with Gasteiger partial charge < -0.3 is 10.2 Å². The van der Waals surface area contributed by atoms with Gasteiger partial charge in [0, 0.05) is 11.1 Å². The Hall–Kier alpha value is -4.41. The SMILES string of the molecule is NC1(c2ccoc2)C(=O)N(C(c2ccccc2)(c2ccccc2)c2ccccc2)c2ccccc21. The molecule has 0 bridgehead atoms. The van der Waals surface area contributed by atoms with E-state index >= 15 is 0 Å². The van der Waals surface area contributed by atoms with Gasteiger partial charge in [-0.15, -0.1) is 0 Å². The lowest BCUT2D eigenvalue weighted by molar-refractivity contribution is -0.122. The molecule has 1 atom stereocenters. The number of rotatable bonds is 5. The molecule has 4 aromatic carbocycles. The van der Waals surface area contributed by atoms with E-state index in [9.17, 15) is 4.79 Å². The molecule has 1 aliphatic rings. The van der Waals surface area contributed by atoms with E-state index in [0.717, 1.165) is 27.9 Å². The largest absolute Gasteiger partial charge is 0.472 e. The Morgan fingerprint density at radius 1 is 0.657 bits per heavy atom. The molecule has 6 rings (SSSR count). The number of carbonyl (C=O) groups is 1. The van der Waals surface area contributed by atoms with Crippen LogP contribution in [0.5, 0.6) is 0 Å². The highest BCUT2D eigenvalue weighted by atomic mass is 16.3. The third-order valence-corrected chi connectivity index (χ3v) is 7.00. The molecule has 35 heavy (non-hydrogen) atoms. The molecule has 4 heteroatoms. The maximum Gasteiger partial charge on any atom is 0.257 e. The highest BCUT2D eigenvalue weighted by Crippen LogP contribution is 2.53. The van der Waals surface area contributed by atoms with E-state index in [2.05, 4.69) is 36.4 Å². The minimum absolute atomic E-state index is 0.211. The van der Waals surface area contributed by atoms with E-state index < -0.39 is 11.1 Å². The number of nitrogens with two attached hydrogens (primary N) is 1. The summed E-state index contributed by atoms with van der Waals surface area (Å²) in [5.74, 6) is -0.211. The first-order valence-electron chi connectivity index (χ1n) is 11.6. The molecule has 0 radical (unpaired) electrons. The van der Waals surface area contributed by atoms with Gasteiger partial charge in [0.05, 0.1) is 18.2 Å². The summed E-state index contributed by atoms with van der Waals surface area (Å²) in [6, 6.07) is 40.0. The van der Waals surface area contributed by atoms with Crippen LogP contribution in [0, 0.1) is 0 Å². The van der Waals surface area contributed by atoms with Crippen LogP contribution in [0.1, 0.15) is 27.8 Å². The van der Waals surface area contributed by atoms with Gasteiger partial charge in [0.25, 0.3) is 5.91 Å². The highest BCUT2D eigenvalue weighted by Gasteiger charge is 2.57. The lowest BCUT2D eigenvalue weighted by Crippen LogP contribution is -2.56. The van der Waals surface area contributed by atoms with Crippen molar-refractivity contribution in [2.75, 3.05) is 4.90 Å². The molecule has 2 heterocycles. The number of benzene rings is 4. The summed E-state index contributed by atoms with van der Waals surface area (Å²) in [5.41, 5.74) is 9.77. The molecule has 0 aliphatic carbocycles. The molecule has 0 fully saturated rings. The van der Waals surface area contributed by atoms with Gasteiger partial charge in [0.1, 0.15) is 5.54 Å². The summed E-state index contributed by atoms with van der Waals surface area (Å²) in [6.07, 6.45) is 3.12. The zero-order chi connectivity index (χ0) is 23.9. The van der Waals surface area contributed by atoms with Crippen LogP contribution >= 0.6 is 0 Å². The molecule has 1 aliphatic heterocycles. The van der Waals surface area contributed by atoms with Gasteiger partial charge in [0.2, 0.25) is 0 Å². The van der Waals surface area contributed by atoms with E-state index in [4.69, 9.17) is 10.2 Å². The van der Waals surface area contributed by atoms with Crippen LogP contribution in [0.25, 0.3) is 0 Å². The molecule has 1 amide bonds. The van der Waals surface area contributed by atoms with E-state index in [0.29, 0.717) is 5.56 Å². The molecule has 1 unspecified atom stereocenters. The summed E-state index contributed by atoms with van der Waals surface area (Å²) in [4.78, 5) is 16.6. The fraction of sp³-hybridized carbons (Fsp3) is 0.0645. The Morgan fingerprint density at radius 2 is 1.14 bits per heavy atom. The second kappa shape index (κ2) is 8.12. The number of hydrogen-bond donors (Lipinski definition) is 1. The van der Waals surface area contributed by atoms with Crippen molar-refractivity contribution in [3.8, 4) is 0 Å². The van der Waals surface area contributed by atoms with Gasteiger partial charge in [0.15, 0.2) is 5.54 Å². The fourth-order valence-corrected chi connectivity index (χ4v) is 5.43. The van der Waals surface area contributed by atoms with Crippen molar-refractivity contribution >= 4 is 11.6 Å². The molecular weight excluding hydrogens is 432 g/mol. The number of carbonyl (C=O) groups excluding carboxylic acids is 1. The quantitative estimate of drug-likeness (QED) is 0.339. The van der Waals surface area contributed by atoms with Crippen LogP contribution in [0.15, 0.2) is 138 Å². The lowest BCUT2D eigenvalue weighted by atomic mass is 9.75. The van der Waals surface area contributed by atoms with Gasteiger partial charge >= 0.3 is 0 Å². The minimum Gasteiger partial charge on any atom is -0.472 e. The molecule has 4 nitrogen and oxygen atoms in total. The lowest BCUT2D eigenvalue weighted by Gasteiger charge is -2.44. The Kier molecular flexibility index (Phi) is 4.90. The van der Waals surface area contributed by atoms with Crippen molar-refractivity contribution in [1.29, 1.82) is 0 Å². The third kappa shape index (κ3) is 2.94. The number of fused-ring (bicyclic) bond motifs is 1. The molecule has 2 N–H and O–H groups in total. The summed E-state index contributed by atoms with van der Waals surface area (Å²) < 4.78 is 5.38. The van der Waals surface area contributed by atoms with Crippen LogP contribution in [0.2, 0.25) is 0 Å². The maximum atomic E-state index is 14.7. The van der Waals surface area contributed by atoms with Crippen molar-refractivity contribution < 1.29 is 9.21 Å². The molecule has 1 aromatic heterocycles. The van der Waals surface area contributed by atoms with E-state index in [1.165, 1.54) is 0 Å². The number of nitrogens with zero attached hydrogens (tertiary/aromatic N) is 1. The van der Waals surface area contributed by atoms with Crippen LogP contribution < -0.4 is 10.6 Å². The minimum atomic E-state index is -1.38. The van der Waals surface area contributed by atoms with E-state index in [-0.39, 0.29) is 5.91 Å². The smallest absolute Gasteiger partial charge is 0.257 e. The van der Waals surface area contributed by atoms with E-state index in [1.807, 2.05) is 83.8 Å². The van der Waals surface area contributed by atoms with Gasteiger partial charge in [-0.3, -0.25) is 9.69 Å². The Balaban J connectivity index is 1.75. The number of furan rings is 1. The van der Waals surface area contributed by atoms with Crippen molar-refractivity contribution in [2.45, 2.75) is 11.1 Å². The first kappa shape index (κ1) is 21.1. The van der Waals surface area contributed by atoms with Crippen LogP contribution in [0.3, 0.4) is 0 Å². The first-order valence-corrected chi connectivity index (χ1v) is 11.6. The molecule has 5 aromatic rings. The predicted molar refractivity (Wildman–Crippen MR) is 137 cm³/mol. The van der Waals surface area contributed by atoms with E-state index in [1.54, 1.807) is 18.6 Å². The zero-order valence-corrected chi connectivity index (χ0v) is 19.0. The average Bonchev–Trinajstić information content (AvgIpc) is 3.55. The second-order valence-corrected chi connectivity index (χ2v) is 8.79. The zero-order valence-electron chi connectivity index (χ0n) is 19.0. The van der Waals surface area contributed by atoms with Crippen molar-refractivity contribution in [3.63, 3.8) is 0 Å². The van der Waals surface area contributed by atoms with Crippen LogP contribution in [-0.2, 0) is 15.9 Å². The molecule has 0 spiro atoms. The highest BCUT2D eigenvalue weighted by molar-refractivity contribution is 6.12. The molecule has 0 saturated heterocycles. The van der Waals surface area contributed by atoms with Gasteiger partial charge in [-0.2, -0.15) is 0 Å². The Labute approximate surface area is 204 Å². The van der Waals surface area contributed by atoms with Crippen LogP contribution in [0.4, 0.5) is 5.69 Å². The summed E-state index contributed by atoms with van der Waals surface area (Å²) >= 11 is 0. The molecular formula is C31H24N2O2. The van der Waals surface area contributed by atoms with Gasteiger partial charge in [-0.1, -0.05) is 109 Å². The van der Waals surface area contributed by atoms with Crippen LogP contribution in [-0.4, -0.2) is 5.91 Å². The predicted octanol–water partition coefficient (Wildman–Crippen LogP) is 5.82. The van der Waals surface area contributed by atoms with Crippen molar-refractivity contribution in [2.24, 2.45) is 5.73 Å². The topological polar surface area (TPSA) is 59.5 Å². The second-order valence-electron chi connectivity index (χ2n) is 8.79. The Bertz CT molecular complexity index is 1370. The molecule has 0 saturated carbocycles. The number of amides is 1. The third-order valence-electron chi connectivity index (χ3n) is 7.00. The monoisotopic (exact) mass is 456 g/mol. The van der Waals surface area contributed by atoms with Crippen molar-refractivity contribution in [1.82, 2.24) is 0 Å². The van der Waals surface area contributed by atoms with Crippen molar-refractivity contribution in [3.05, 3.63) is 162 Å². The molecule has 170 valence electrons.